The van der Waals surface area contributed by atoms with E-state index in [0.29, 0.717) is 32.7 Å². The van der Waals surface area contributed by atoms with Gasteiger partial charge in [0.2, 0.25) is 5.91 Å². The first-order valence-electron chi connectivity index (χ1n) is 6.71. The number of carbonyl (C=O) groups excluding carboxylic acids is 2. The van der Waals surface area contributed by atoms with Crippen LogP contribution in [0.25, 0.3) is 0 Å². The van der Waals surface area contributed by atoms with E-state index in [-0.39, 0.29) is 12.0 Å². The second-order valence-electron chi connectivity index (χ2n) is 4.77. The van der Waals surface area contributed by atoms with E-state index in [1.54, 1.807) is 29.2 Å². The largest absolute Gasteiger partial charge is 0.448 e. The zero-order valence-corrected chi connectivity index (χ0v) is 11.6. The first-order valence-corrected chi connectivity index (χ1v) is 6.71. The zero-order valence-electron chi connectivity index (χ0n) is 11.6. The molecule has 2 amide bonds. The summed E-state index contributed by atoms with van der Waals surface area (Å²) >= 11 is 0. The molecule has 0 atom stereocenters. The van der Waals surface area contributed by atoms with Crippen LogP contribution in [0.15, 0.2) is 24.5 Å². The topological polar surface area (TPSA) is 62.7 Å². The number of nitrogens with zero attached hydrogens (tertiary/aromatic N) is 3. The smallest absolute Gasteiger partial charge is 0.409 e. The van der Waals surface area contributed by atoms with Gasteiger partial charge in [-0.25, -0.2) is 4.79 Å². The fourth-order valence-corrected chi connectivity index (χ4v) is 2.02. The molecule has 1 aromatic heterocycles. The summed E-state index contributed by atoms with van der Waals surface area (Å²) in [6.07, 6.45) is 4.31. The lowest BCUT2D eigenvalue weighted by Crippen LogP contribution is -2.33. The van der Waals surface area contributed by atoms with Crippen LogP contribution in [-0.2, 0) is 16.0 Å². The third-order valence-corrected chi connectivity index (χ3v) is 3.35. The molecule has 0 saturated carbocycles. The third-order valence-electron chi connectivity index (χ3n) is 3.35. The number of pyridine rings is 1. The van der Waals surface area contributed by atoms with Crippen LogP contribution < -0.4 is 0 Å². The molecule has 20 heavy (non-hydrogen) atoms. The van der Waals surface area contributed by atoms with Crippen LogP contribution in [0.2, 0.25) is 0 Å². The lowest BCUT2D eigenvalue weighted by molar-refractivity contribution is -0.130. The monoisotopic (exact) mass is 277 g/mol. The highest BCUT2D eigenvalue weighted by molar-refractivity contribution is 5.77. The molecule has 2 heterocycles. The molecule has 108 valence electrons. The maximum Gasteiger partial charge on any atom is 0.409 e. The van der Waals surface area contributed by atoms with Gasteiger partial charge in [0.05, 0.1) is 6.54 Å². The number of carbonyl (C=O) groups is 2. The predicted molar refractivity (Wildman–Crippen MR) is 73.1 cm³/mol. The summed E-state index contributed by atoms with van der Waals surface area (Å²) in [5.74, 6) is 0.0405. The van der Waals surface area contributed by atoms with E-state index in [0.717, 1.165) is 12.0 Å². The van der Waals surface area contributed by atoms with Crippen molar-refractivity contribution in [1.82, 2.24) is 14.8 Å². The minimum Gasteiger partial charge on any atom is -0.448 e. The number of cyclic esters (lactones) is 1. The fraction of sp³-hybridized carbons (Fsp3) is 0.500. The molecule has 1 aromatic rings. The Hall–Kier alpha value is -2.11. The highest BCUT2D eigenvalue weighted by Crippen LogP contribution is 2.05. The van der Waals surface area contributed by atoms with Gasteiger partial charge in [0.25, 0.3) is 0 Å². The van der Waals surface area contributed by atoms with Crippen LogP contribution in [0.1, 0.15) is 12.0 Å². The average molecular weight is 277 g/mol. The highest BCUT2D eigenvalue weighted by Gasteiger charge is 2.22. The van der Waals surface area contributed by atoms with Crippen molar-refractivity contribution < 1.29 is 14.3 Å². The van der Waals surface area contributed by atoms with E-state index in [9.17, 15) is 9.59 Å². The summed E-state index contributed by atoms with van der Waals surface area (Å²) in [4.78, 5) is 30.4. The van der Waals surface area contributed by atoms with Gasteiger partial charge in [-0.15, -0.1) is 0 Å². The van der Waals surface area contributed by atoms with Crippen LogP contribution >= 0.6 is 0 Å². The maximum absolute atomic E-state index is 12.0. The van der Waals surface area contributed by atoms with Gasteiger partial charge >= 0.3 is 6.09 Å². The summed E-state index contributed by atoms with van der Waals surface area (Å²) in [6.45, 7) is 2.09. The van der Waals surface area contributed by atoms with E-state index in [1.165, 1.54) is 0 Å². The summed E-state index contributed by atoms with van der Waals surface area (Å²) in [7, 11) is 1.78. The number of aromatic nitrogens is 1. The van der Waals surface area contributed by atoms with Crippen molar-refractivity contribution in [3.05, 3.63) is 30.1 Å². The van der Waals surface area contributed by atoms with Crippen molar-refractivity contribution in [2.24, 2.45) is 0 Å². The first kappa shape index (κ1) is 14.3. The second-order valence-corrected chi connectivity index (χ2v) is 4.77. The standard InChI is InChI=1S/C14H19N3O3/c1-16(8-4-12-2-6-15-7-3-12)13(18)5-9-17-10-11-20-14(17)19/h2-3,6-7H,4-5,8-11H2,1H3. The minimum atomic E-state index is -0.322. The number of hydrogen-bond acceptors (Lipinski definition) is 4. The van der Waals surface area contributed by atoms with E-state index in [4.69, 9.17) is 4.74 Å². The van der Waals surface area contributed by atoms with E-state index in [2.05, 4.69) is 4.98 Å². The van der Waals surface area contributed by atoms with Gasteiger partial charge in [-0.2, -0.15) is 0 Å². The number of likely N-dealkylation sites (N-methyl/N-ethyl adjacent to an activating group) is 1. The zero-order chi connectivity index (χ0) is 14.4. The molecular weight excluding hydrogens is 258 g/mol. The Morgan fingerprint density at radius 3 is 2.85 bits per heavy atom. The van der Waals surface area contributed by atoms with Gasteiger partial charge in [0, 0.05) is 39.0 Å². The molecular formula is C14H19N3O3. The number of rotatable bonds is 6. The number of amides is 2. The van der Waals surface area contributed by atoms with E-state index >= 15 is 0 Å². The molecule has 1 aliphatic heterocycles. The van der Waals surface area contributed by atoms with Gasteiger partial charge < -0.3 is 14.5 Å². The Morgan fingerprint density at radius 2 is 2.20 bits per heavy atom. The van der Waals surface area contributed by atoms with Crippen molar-refractivity contribution >= 4 is 12.0 Å². The van der Waals surface area contributed by atoms with Gasteiger partial charge in [0.1, 0.15) is 6.61 Å². The molecule has 1 aliphatic rings. The Morgan fingerprint density at radius 1 is 1.45 bits per heavy atom. The molecule has 1 saturated heterocycles. The third kappa shape index (κ3) is 3.94. The Kier molecular flexibility index (Phi) is 4.92. The van der Waals surface area contributed by atoms with Crippen LogP contribution in [0.4, 0.5) is 4.79 Å². The Bertz CT molecular complexity index is 464. The molecule has 0 unspecified atom stereocenters. The molecule has 0 N–H and O–H groups in total. The number of hydrogen-bond donors (Lipinski definition) is 0. The molecule has 6 heteroatoms. The molecule has 0 spiro atoms. The van der Waals surface area contributed by atoms with E-state index < -0.39 is 0 Å². The second kappa shape index (κ2) is 6.88. The van der Waals surface area contributed by atoms with Crippen molar-refractivity contribution in [2.45, 2.75) is 12.8 Å². The van der Waals surface area contributed by atoms with Crippen LogP contribution in [0, 0.1) is 0 Å². The molecule has 0 radical (unpaired) electrons. The van der Waals surface area contributed by atoms with Crippen molar-refractivity contribution in [3.8, 4) is 0 Å². The lowest BCUT2D eigenvalue weighted by atomic mass is 10.2. The summed E-state index contributed by atoms with van der Waals surface area (Å²) in [6, 6.07) is 3.89. The quantitative estimate of drug-likeness (QED) is 0.776. The van der Waals surface area contributed by atoms with Gasteiger partial charge in [-0.3, -0.25) is 9.78 Å². The predicted octanol–water partition coefficient (Wildman–Crippen LogP) is 0.925. The lowest BCUT2D eigenvalue weighted by Gasteiger charge is -2.19. The van der Waals surface area contributed by atoms with Gasteiger partial charge in [-0.05, 0) is 24.1 Å². The molecule has 6 nitrogen and oxygen atoms in total. The SMILES string of the molecule is CN(CCc1ccncc1)C(=O)CCN1CCOC1=O. The minimum absolute atomic E-state index is 0.0405. The Balaban J connectivity index is 1.70. The van der Waals surface area contributed by atoms with Crippen molar-refractivity contribution in [3.63, 3.8) is 0 Å². The number of ether oxygens (including phenoxy) is 1. The summed E-state index contributed by atoms with van der Waals surface area (Å²) in [5, 5.41) is 0. The van der Waals surface area contributed by atoms with Crippen molar-refractivity contribution in [1.29, 1.82) is 0 Å². The highest BCUT2D eigenvalue weighted by atomic mass is 16.6. The van der Waals surface area contributed by atoms with Gasteiger partial charge in [0.15, 0.2) is 0 Å². The van der Waals surface area contributed by atoms with Gasteiger partial charge in [-0.1, -0.05) is 0 Å². The molecule has 0 bridgehead atoms. The maximum atomic E-state index is 12.0. The Labute approximate surface area is 118 Å². The summed E-state index contributed by atoms with van der Waals surface area (Å²) in [5.41, 5.74) is 1.16. The molecule has 0 aliphatic carbocycles. The normalized spacial score (nSPS) is 14.2. The summed E-state index contributed by atoms with van der Waals surface area (Å²) < 4.78 is 4.82. The van der Waals surface area contributed by atoms with Crippen LogP contribution in [0.3, 0.4) is 0 Å². The molecule has 0 aromatic carbocycles. The van der Waals surface area contributed by atoms with Crippen molar-refractivity contribution in [2.75, 3.05) is 33.3 Å². The first-order chi connectivity index (χ1) is 9.66. The van der Waals surface area contributed by atoms with Crippen LogP contribution in [0.5, 0.6) is 0 Å². The molecule has 2 rings (SSSR count). The average Bonchev–Trinajstić information content (AvgIpc) is 2.88. The van der Waals surface area contributed by atoms with E-state index in [1.807, 2.05) is 12.1 Å². The van der Waals surface area contributed by atoms with Crippen LogP contribution in [-0.4, -0.2) is 60.1 Å². The molecule has 1 fully saturated rings. The fourth-order valence-electron chi connectivity index (χ4n) is 2.02.